The van der Waals surface area contributed by atoms with E-state index >= 15 is 0 Å². The summed E-state index contributed by atoms with van der Waals surface area (Å²) in [5, 5.41) is 0. The zero-order chi connectivity index (χ0) is 9.49. The molecule has 0 N–H and O–H groups in total. The molecule has 80 valence electrons. The lowest BCUT2D eigenvalue weighted by Crippen LogP contribution is -2.43. The molecule has 0 bridgehead atoms. The van der Waals surface area contributed by atoms with E-state index in [1.165, 1.54) is 12.8 Å². The molecule has 3 nitrogen and oxygen atoms in total. The summed E-state index contributed by atoms with van der Waals surface area (Å²) in [6, 6.07) is 0. The standard InChI is InChI=1S/C11H18O3/c1-2-10(12-7-1)3-5-11(6-4-10)13-8-9-14-11/h1-9H2. The topological polar surface area (TPSA) is 27.7 Å². The molecule has 0 aromatic rings. The van der Waals surface area contributed by atoms with Gasteiger partial charge in [0.2, 0.25) is 0 Å². The van der Waals surface area contributed by atoms with E-state index in [1.54, 1.807) is 0 Å². The van der Waals surface area contributed by atoms with Gasteiger partial charge in [-0.3, -0.25) is 0 Å². The highest BCUT2D eigenvalue weighted by atomic mass is 16.7. The third kappa shape index (κ3) is 1.38. The molecule has 3 heteroatoms. The quantitative estimate of drug-likeness (QED) is 0.594. The predicted molar refractivity (Wildman–Crippen MR) is 51.0 cm³/mol. The van der Waals surface area contributed by atoms with Crippen LogP contribution in [-0.2, 0) is 14.2 Å². The Morgan fingerprint density at radius 3 is 1.93 bits per heavy atom. The fourth-order valence-electron chi connectivity index (χ4n) is 3.02. The summed E-state index contributed by atoms with van der Waals surface area (Å²) in [5.74, 6) is -0.225. The van der Waals surface area contributed by atoms with E-state index < -0.39 is 0 Å². The van der Waals surface area contributed by atoms with Crippen LogP contribution in [0.1, 0.15) is 38.5 Å². The van der Waals surface area contributed by atoms with E-state index in [1.807, 2.05) is 0 Å². The second-order valence-corrected chi connectivity index (χ2v) is 4.74. The molecule has 0 atom stereocenters. The monoisotopic (exact) mass is 198 g/mol. The second-order valence-electron chi connectivity index (χ2n) is 4.74. The van der Waals surface area contributed by atoms with Crippen LogP contribution >= 0.6 is 0 Å². The van der Waals surface area contributed by atoms with E-state index in [0.717, 1.165) is 45.5 Å². The maximum Gasteiger partial charge on any atom is 0.168 e. The number of hydrogen-bond donors (Lipinski definition) is 0. The first-order chi connectivity index (χ1) is 6.83. The lowest BCUT2D eigenvalue weighted by molar-refractivity contribution is -0.203. The minimum Gasteiger partial charge on any atom is -0.375 e. The van der Waals surface area contributed by atoms with Gasteiger partial charge in [0.1, 0.15) is 0 Å². The van der Waals surface area contributed by atoms with Crippen LogP contribution in [0.2, 0.25) is 0 Å². The molecule has 3 aliphatic rings. The Hall–Kier alpha value is -0.120. The van der Waals surface area contributed by atoms with E-state index in [2.05, 4.69) is 0 Å². The van der Waals surface area contributed by atoms with Crippen LogP contribution in [0.5, 0.6) is 0 Å². The minimum atomic E-state index is -0.225. The average molecular weight is 198 g/mol. The van der Waals surface area contributed by atoms with Crippen molar-refractivity contribution in [2.24, 2.45) is 0 Å². The van der Waals surface area contributed by atoms with Crippen LogP contribution in [0.4, 0.5) is 0 Å². The summed E-state index contributed by atoms with van der Waals surface area (Å²) in [4.78, 5) is 0. The van der Waals surface area contributed by atoms with Gasteiger partial charge in [0.25, 0.3) is 0 Å². The normalized spacial score (nSPS) is 34.3. The molecule has 1 aliphatic carbocycles. The first-order valence-corrected chi connectivity index (χ1v) is 5.75. The Kier molecular flexibility index (Phi) is 2.08. The Labute approximate surface area is 84.7 Å². The van der Waals surface area contributed by atoms with Crippen molar-refractivity contribution in [1.29, 1.82) is 0 Å². The first-order valence-electron chi connectivity index (χ1n) is 5.75. The smallest absolute Gasteiger partial charge is 0.168 e. The maximum atomic E-state index is 5.87. The SMILES string of the molecule is C1COC2(C1)CCC1(CC2)OCCO1. The number of ether oxygens (including phenoxy) is 3. The van der Waals surface area contributed by atoms with Gasteiger partial charge < -0.3 is 14.2 Å². The fourth-order valence-corrected chi connectivity index (χ4v) is 3.02. The molecular weight excluding hydrogens is 180 g/mol. The van der Waals surface area contributed by atoms with Crippen molar-refractivity contribution in [3.8, 4) is 0 Å². The lowest BCUT2D eigenvalue weighted by atomic mass is 9.80. The second kappa shape index (κ2) is 3.19. The van der Waals surface area contributed by atoms with E-state index in [-0.39, 0.29) is 11.4 Å². The van der Waals surface area contributed by atoms with Gasteiger partial charge in [-0.15, -0.1) is 0 Å². The largest absolute Gasteiger partial charge is 0.375 e. The Balaban J connectivity index is 1.66. The summed E-state index contributed by atoms with van der Waals surface area (Å²) in [5.41, 5.74) is 0.195. The highest BCUT2D eigenvalue weighted by Gasteiger charge is 2.47. The van der Waals surface area contributed by atoms with Gasteiger partial charge >= 0.3 is 0 Å². The van der Waals surface area contributed by atoms with Crippen molar-refractivity contribution in [3.05, 3.63) is 0 Å². The van der Waals surface area contributed by atoms with E-state index in [9.17, 15) is 0 Å². The van der Waals surface area contributed by atoms with Gasteiger partial charge in [-0.05, 0) is 25.7 Å². The van der Waals surface area contributed by atoms with Crippen molar-refractivity contribution in [3.63, 3.8) is 0 Å². The third-order valence-electron chi connectivity index (χ3n) is 3.92. The summed E-state index contributed by atoms with van der Waals surface area (Å²) in [7, 11) is 0. The van der Waals surface area contributed by atoms with Gasteiger partial charge in [-0.25, -0.2) is 0 Å². The number of hydrogen-bond acceptors (Lipinski definition) is 3. The van der Waals surface area contributed by atoms with Gasteiger partial charge in [0.15, 0.2) is 5.79 Å². The molecule has 0 aromatic heterocycles. The molecule has 3 rings (SSSR count). The summed E-state index contributed by atoms with van der Waals surface area (Å²) in [6.45, 7) is 2.50. The lowest BCUT2D eigenvalue weighted by Gasteiger charge is -2.40. The predicted octanol–water partition coefficient (Wildman–Crippen LogP) is 1.85. The molecule has 0 amide bonds. The van der Waals surface area contributed by atoms with Crippen molar-refractivity contribution in [2.45, 2.75) is 49.9 Å². The van der Waals surface area contributed by atoms with Crippen LogP contribution in [0.25, 0.3) is 0 Å². The van der Waals surface area contributed by atoms with Crippen LogP contribution in [-0.4, -0.2) is 31.2 Å². The van der Waals surface area contributed by atoms with E-state index in [0.29, 0.717) is 0 Å². The zero-order valence-electron chi connectivity index (χ0n) is 8.59. The van der Waals surface area contributed by atoms with Crippen molar-refractivity contribution in [2.75, 3.05) is 19.8 Å². The first kappa shape index (κ1) is 9.13. The fraction of sp³-hybridized carbons (Fsp3) is 1.00. The van der Waals surface area contributed by atoms with Crippen molar-refractivity contribution in [1.82, 2.24) is 0 Å². The van der Waals surface area contributed by atoms with Crippen molar-refractivity contribution < 1.29 is 14.2 Å². The molecule has 0 aromatic carbocycles. The molecule has 1 saturated carbocycles. The van der Waals surface area contributed by atoms with Gasteiger partial charge in [-0.2, -0.15) is 0 Å². The molecule has 0 radical (unpaired) electrons. The van der Waals surface area contributed by atoms with Crippen LogP contribution in [0.3, 0.4) is 0 Å². The molecule has 2 spiro atoms. The summed E-state index contributed by atoms with van der Waals surface area (Å²) >= 11 is 0. The molecule has 14 heavy (non-hydrogen) atoms. The summed E-state index contributed by atoms with van der Waals surface area (Å²) < 4.78 is 17.3. The highest BCUT2D eigenvalue weighted by Crippen LogP contribution is 2.45. The molecule has 0 unspecified atom stereocenters. The summed E-state index contributed by atoms with van der Waals surface area (Å²) in [6.07, 6.45) is 6.75. The Bertz CT molecular complexity index is 179. The molecule has 2 saturated heterocycles. The number of rotatable bonds is 0. The molecular formula is C11H18O3. The Morgan fingerprint density at radius 2 is 1.36 bits per heavy atom. The highest BCUT2D eigenvalue weighted by molar-refractivity contribution is 4.94. The van der Waals surface area contributed by atoms with Crippen molar-refractivity contribution >= 4 is 0 Å². The van der Waals surface area contributed by atoms with Crippen LogP contribution < -0.4 is 0 Å². The van der Waals surface area contributed by atoms with Crippen LogP contribution in [0.15, 0.2) is 0 Å². The zero-order valence-corrected chi connectivity index (χ0v) is 8.59. The molecule has 3 fully saturated rings. The van der Waals surface area contributed by atoms with Gasteiger partial charge in [0, 0.05) is 19.4 Å². The van der Waals surface area contributed by atoms with Crippen LogP contribution in [0, 0.1) is 0 Å². The van der Waals surface area contributed by atoms with Gasteiger partial charge in [-0.1, -0.05) is 0 Å². The average Bonchev–Trinajstić information content (AvgIpc) is 2.81. The van der Waals surface area contributed by atoms with Gasteiger partial charge in [0.05, 0.1) is 18.8 Å². The molecule has 2 heterocycles. The molecule has 2 aliphatic heterocycles. The Morgan fingerprint density at radius 1 is 0.643 bits per heavy atom. The minimum absolute atomic E-state index is 0.195. The van der Waals surface area contributed by atoms with E-state index in [4.69, 9.17) is 14.2 Å². The maximum absolute atomic E-state index is 5.87. The third-order valence-corrected chi connectivity index (χ3v) is 3.92.